The number of nitrogens with zero attached hydrogens (tertiary/aromatic N) is 3. The van der Waals surface area contributed by atoms with Crippen molar-refractivity contribution in [2.45, 2.75) is 32.1 Å². The lowest BCUT2D eigenvalue weighted by Gasteiger charge is -2.06. The molecule has 0 unspecified atom stereocenters. The number of nitrogens with one attached hydrogen (secondary N) is 1. The molecule has 0 amide bonds. The third kappa shape index (κ3) is 4.50. The molecule has 0 saturated carbocycles. The standard InChI is InChI=1S/C21H21N5O3S3/c1-11(2)10-14-6-9-16-17(22)19(31-20(16)23-14)18(27)13-4-7-15(8-5-13)32(28,29)26-21-25-24-12(3)30-21/h4-9,11H,10,22H2,1-3H3,(H,25,26). The average molecular weight is 488 g/mol. The summed E-state index contributed by atoms with van der Waals surface area (Å²) in [4.78, 5) is 18.9. The quantitative estimate of drug-likeness (QED) is 0.373. The highest BCUT2D eigenvalue weighted by atomic mass is 32.2. The Morgan fingerprint density at radius 1 is 1.09 bits per heavy atom. The topological polar surface area (TPSA) is 128 Å². The molecule has 0 aliphatic carbocycles. The molecule has 4 rings (SSSR count). The third-order valence-corrected chi connectivity index (χ3v) is 8.00. The maximum Gasteiger partial charge on any atom is 0.263 e. The van der Waals surface area contributed by atoms with Crippen LogP contribution < -0.4 is 10.5 Å². The minimum atomic E-state index is -3.84. The fraction of sp³-hybridized carbons (Fsp3) is 0.238. The molecule has 11 heteroatoms. The zero-order valence-electron chi connectivity index (χ0n) is 17.6. The number of pyridine rings is 1. The normalized spacial score (nSPS) is 11.9. The van der Waals surface area contributed by atoms with E-state index >= 15 is 0 Å². The van der Waals surface area contributed by atoms with E-state index in [1.54, 1.807) is 6.92 Å². The number of nitrogens with two attached hydrogens (primary N) is 1. The summed E-state index contributed by atoms with van der Waals surface area (Å²) in [7, 11) is -3.84. The Hall–Kier alpha value is -2.89. The van der Waals surface area contributed by atoms with Crippen molar-refractivity contribution in [3.63, 3.8) is 0 Å². The molecule has 0 bridgehead atoms. The first-order chi connectivity index (χ1) is 15.1. The van der Waals surface area contributed by atoms with Crippen LogP contribution in [0.25, 0.3) is 10.2 Å². The number of nitrogen functional groups attached to an aromatic ring is 1. The van der Waals surface area contributed by atoms with Crippen molar-refractivity contribution in [3.8, 4) is 0 Å². The number of aryl methyl sites for hydroxylation is 1. The molecule has 4 aromatic rings. The predicted octanol–water partition coefficient (Wildman–Crippen LogP) is 4.27. The number of rotatable bonds is 7. The first kappa shape index (κ1) is 22.3. The Kier molecular flexibility index (Phi) is 5.97. The Bertz CT molecular complexity index is 1410. The highest BCUT2D eigenvalue weighted by molar-refractivity contribution is 7.93. The van der Waals surface area contributed by atoms with Crippen LogP contribution in [-0.4, -0.2) is 29.4 Å². The first-order valence-corrected chi connectivity index (χ1v) is 12.9. The van der Waals surface area contributed by atoms with Crippen LogP contribution >= 0.6 is 22.7 Å². The van der Waals surface area contributed by atoms with Gasteiger partial charge in [-0.15, -0.1) is 21.5 Å². The van der Waals surface area contributed by atoms with Crippen LogP contribution in [0.15, 0.2) is 41.3 Å². The monoisotopic (exact) mass is 487 g/mol. The summed E-state index contributed by atoms with van der Waals surface area (Å²) in [5.74, 6) is 0.200. The van der Waals surface area contributed by atoms with Gasteiger partial charge in [0, 0.05) is 16.6 Å². The van der Waals surface area contributed by atoms with Gasteiger partial charge < -0.3 is 5.73 Å². The Morgan fingerprint density at radius 3 is 2.44 bits per heavy atom. The van der Waals surface area contributed by atoms with E-state index in [1.165, 1.54) is 35.6 Å². The number of hydrogen-bond donors (Lipinski definition) is 2. The van der Waals surface area contributed by atoms with E-state index in [0.717, 1.165) is 33.7 Å². The van der Waals surface area contributed by atoms with E-state index in [1.807, 2.05) is 12.1 Å². The highest BCUT2D eigenvalue weighted by Crippen LogP contribution is 2.34. The van der Waals surface area contributed by atoms with Crippen LogP contribution in [0.5, 0.6) is 0 Å². The van der Waals surface area contributed by atoms with E-state index in [-0.39, 0.29) is 15.8 Å². The van der Waals surface area contributed by atoms with Crippen molar-refractivity contribution in [1.82, 2.24) is 15.2 Å². The van der Waals surface area contributed by atoms with E-state index in [4.69, 9.17) is 5.73 Å². The number of benzene rings is 1. The number of carbonyl (C=O) groups is 1. The van der Waals surface area contributed by atoms with Gasteiger partial charge in [-0.25, -0.2) is 13.4 Å². The summed E-state index contributed by atoms with van der Waals surface area (Å²) in [6.45, 7) is 5.98. The van der Waals surface area contributed by atoms with Crippen molar-refractivity contribution in [1.29, 1.82) is 0 Å². The largest absolute Gasteiger partial charge is 0.397 e. The number of ketones is 1. The zero-order chi connectivity index (χ0) is 23.0. The van der Waals surface area contributed by atoms with Gasteiger partial charge in [-0.05, 0) is 55.7 Å². The zero-order valence-corrected chi connectivity index (χ0v) is 20.1. The maximum atomic E-state index is 13.1. The molecule has 0 aliphatic rings. The molecule has 32 heavy (non-hydrogen) atoms. The molecule has 8 nitrogen and oxygen atoms in total. The second-order valence-electron chi connectivity index (χ2n) is 7.68. The number of anilines is 2. The molecule has 0 fully saturated rings. The minimum Gasteiger partial charge on any atom is -0.397 e. The van der Waals surface area contributed by atoms with E-state index in [0.29, 0.717) is 27.1 Å². The number of thiophene rings is 1. The van der Waals surface area contributed by atoms with Crippen LogP contribution in [0.1, 0.15) is 39.8 Å². The van der Waals surface area contributed by atoms with Crippen LogP contribution in [0.3, 0.4) is 0 Å². The van der Waals surface area contributed by atoms with Crippen LogP contribution in [0, 0.1) is 12.8 Å². The molecule has 3 N–H and O–H groups in total. The number of sulfonamides is 1. The van der Waals surface area contributed by atoms with Crippen LogP contribution in [-0.2, 0) is 16.4 Å². The van der Waals surface area contributed by atoms with Crippen molar-refractivity contribution in [2.75, 3.05) is 10.5 Å². The van der Waals surface area contributed by atoms with Crippen LogP contribution in [0.2, 0.25) is 0 Å². The molecule has 3 heterocycles. The number of carbonyl (C=O) groups excluding carboxylic acids is 1. The van der Waals surface area contributed by atoms with Gasteiger partial charge in [-0.3, -0.25) is 9.52 Å². The summed E-state index contributed by atoms with van der Waals surface area (Å²) >= 11 is 2.39. The molecule has 0 spiro atoms. The van der Waals surface area contributed by atoms with Gasteiger partial charge in [0.1, 0.15) is 14.7 Å². The van der Waals surface area contributed by atoms with Gasteiger partial charge in [-0.2, -0.15) is 0 Å². The third-order valence-electron chi connectivity index (χ3n) is 4.65. The van der Waals surface area contributed by atoms with Crippen molar-refractivity contribution < 1.29 is 13.2 Å². The molecule has 0 atom stereocenters. The van der Waals surface area contributed by atoms with Crippen molar-refractivity contribution >= 4 is 59.5 Å². The van der Waals surface area contributed by atoms with Crippen molar-refractivity contribution in [3.05, 3.63) is 57.5 Å². The summed E-state index contributed by atoms with van der Waals surface area (Å²) in [5.41, 5.74) is 7.94. The van der Waals surface area contributed by atoms with Gasteiger partial charge in [0.15, 0.2) is 0 Å². The minimum absolute atomic E-state index is 0.0196. The van der Waals surface area contributed by atoms with Crippen LogP contribution in [0.4, 0.5) is 10.8 Å². The second-order valence-corrected chi connectivity index (χ2v) is 11.5. The number of hydrogen-bond acceptors (Lipinski definition) is 9. The Balaban J connectivity index is 1.59. The van der Waals surface area contributed by atoms with Gasteiger partial charge in [0.2, 0.25) is 10.9 Å². The predicted molar refractivity (Wildman–Crippen MR) is 128 cm³/mol. The fourth-order valence-corrected chi connectivity index (χ4v) is 6.06. The molecule has 0 saturated heterocycles. The van der Waals surface area contributed by atoms with Gasteiger partial charge in [-0.1, -0.05) is 25.2 Å². The summed E-state index contributed by atoms with van der Waals surface area (Å²) in [6.07, 6.45) is 0.845. The molecule has 166 valence electrons. The lowest BCUT2D eigenvalue weighted by atomic mass is 10.1. The number of fused-ring (bicyclic) bond motifs is 1. The maximum absolute atomic E-state index is 13.1. The fourth-order valence-electron chi connectivity index (χ4n) is 3.16. The van der Waals surface area contributed by atoms with Gasteiger partial charge in [0.05, 0.1) is 10.6 Å². The summed E-state index contributed by atoms with van der Waals surface area (Å²) in [6, 6.07) is 9.55. The summed E-state index contributed by atoms with van der Waals surface area (Å²) < 4.78 is 27.5. The molecule has 0 aliphatic heterocycles. The lowest BCUT2D eigenvalue weighted by Crippen LogP contribution is -2.13. The van der Waals surface area contributed by atoms with E-state index in [2.05, 4.69) is 33.8 Å². The van der Waals surface area contributed by atoms with E-state index in [9.17, 15) is 13.2 Å². The Labute approximate surface area is 193 Å². The molecule has 0 radical (unpaired) electrons. The van der Waals surface area contributed by atoms with E-state index < -0.39 is 10.0 Å². The highest BCUT2D eigenvalue weighted by Gasteiger charge is 2.21. The Morgan fingerprint density at radius 2 is 1.81 bits per heavy atom. The van der Waals surface area contributed by atoms with Crippen molar-refractivity contribution in [2.24, 2.45) is 5.92 Å². The average Bonchev–Trinajstić information content (AvgIpc) is 3.29. The lowest BCUT2D eigenvalue weighted by molar-refractivity contribution is 0.104. The SMILES string of the molecule is Cc1nnc(NS(=O)(=O)c2ccc(C(=O)c3sc4nc(CC(C)C)ccc4c3N)cc2)s1. The first-order valence-electron chi connectivity index (χ1n) is 9.79. The number of aromatic nitrogens is 3. The molecular weight excluding hydrogens is 466 g/mol. The molecule has 3 aromatic heterocycles. The second kappa shape index (κ2) is 8.57. The molecular formula is C21H21N5O3S3. The van der Waals surface area contributed by atoms with Gasteiger partial charge >= 0.3 is 0 Å². The summed E-state index contributed by atoms with van der Waals surface area (Å²) in [5, 5.41) is 9.15. The van der Waals surface area contributed by atoms with Gasteiger partial charge in [0.25, 0.3) is 10.0 Å². The molecule has 1 aromatic carbocycles. The smallest absolute Gasteiger partial charge is 0.263 e.